The summed E-state index contributed by atoms with van der Waals surface area (Å²) in [5.74, 6) is 0. The lowest BCUT2D eigenvalue weighted by atomic mass is 10.2. The van der Waals surface area contributed by atoms with Crippen LogP contribution in [0.1, 0.15) is 5.56 Å². The van der Waals surface area contributed by atoms with Crippen LogP contribution in [0.4, 0.5) is 18.9 Å². The number of hydrogen-bond donors (Lipinski definition) is 1. The molecule has 3 nitrogen and oxygen atoms in total. The molecule has 0 heterocycles. The highest BCUT2D eigenvalue weighted by molar-refractivity contribution is 7.92. The molecular formula is C8H8F3NO2S. The topological polar surface area (TPSA) is 60.2 Å². The van der Waals surface area contributed by atoms with Crippen LogP contribution < -0.4 is 5.73 Å². The summed E-state index contributed by atoms with van der Waals surface area (Å²) in [6.07, 6.45) is 0. The summed E-state index contributed by atoms with van der Waals surface area (Å²) in [5.41, 5.74) is 0.570. The molecular weight excluding hydrogens is 231 g/mol. The molecule has 0 saturated carbocycles. The predicted molar refractivity (Wildman–Crippen MR) is 48.8 cm³/mol. The quantitative estimate of drug-likeness (QED) is 0.761. The SMILES string of the molecule is Cc1ccc(S(=O)(=O)C(F)(F)F)cc1N. The van der Waals surface area contributed by atoms with Crippen molar-refractivity contribution in [3.8, 4) is 0 Å². The van der Waals surface area contributed by atoms with Crippen molar-refractivity contribution in [3.63, 3.8) is 0 Å². The van der Waals surface area contributed by atoms with Crippen molar-refractivity contribution in [2.24, 2.45) is 0 Å². The summed E-state index contributed by atoms with van der Waals surface area (Å²) in [6, 6.07) is 2.92. The first-order valence-corrected chi connectivity index (χ1v) is 5.32. The highest BCUT2D eigenvalue weighted by Crippen LogP contribution is 2.31. The van der Waals surface area contributed by atoms with Gasteiger partial charge in [0.2, 0.25) is 0 Å². The summed E-state index contributed by atoms with van der Waals surface area (Å²) in [5, 5.41) is 0. The first kappa shape index (κ1) is 11.8. The van der Waals surface area contributed by atoms with Gasteiger partial charge in [-0.15, -0.1) is 0 Å². The number of alkyl halides is 3. The van der Waals surface area contributed by atoms with Gasteiger partial charge in [0.05, 0.1) is 4.90 Å². The van der Waals surface area contributed by atoms with Crippen LogP contribution in [0.15, 0.2) is 23.1 Å². The van der Waals surface area contributed by atoms with Crippen LogP contribution in [0, 0.1) is 6.92 Å². The molecule has 0 radical (unpaired) electrons. The summed E-state index contributed by atoms with van der Waals surface area (Å²) >= 11 is 0. The molecule has 0 aromatic heterocycles. The van der Waals surface area contributed by atoms with E-state index in [9.17, 15) is 21.6 Å². The number of anilines is 1. The Hall–Kier alpha value is -1.24. The van der Waals surface area contributed by atoms with Crippen molar-refractivity contribution in [1.82, 2.24) is 0 Å². The minimum atomic E-state index is -5.30. The Labute approximate surface area is 84.6 Å². The average Bonchev–Trinajstić information content (AvgIpc) is 2.07. The molecule has 0 fully saturated rings. The molecule has 0 amide bonds. The van der Waals surface area contributed by atoms with Crippen molar-refractivity contribution in [3.05, 3.63) is 23.8 Å². The summed E-state index contributed by atoms with van der Waals surface area (Å²) < 4.78 is 58.2. The number of halogens is 3. The van der Waals surface area contributed by atoms with E-state index in [0.717, 1.165) is 12.1 Å². The molecule has 1 aromatic rings. The molecule has 2 N–H and O–H groups in total. The Kier molecular flexibility index (Phi) is 2.69. The first-order valence-electron chi connectivity index (χ1n) is 3.84. The maximum absolute atomic E-state index is 12.1. The fourth-order valence-electron chi connectivity index (χ4n) is 0.919. The lowest BCUT2D eigenvalue weighted by Gasteiger charge is -2.09. The van der Waals surface area contributed by atoms with E-state index in [1.165, 1.54) is 6.07 Å². The van der Waals surface area contributed by atoms with Gasteiger partial charge in [-0.1, -0.05) is 6.07 Å². The largest absolute Gasteiger partial charge is 0.501 e. The number of aryl methyl sites for hydroxylation is 1. The zero-order valence-electron chi connectivity index (χ0n) is 7.67. The van der Waals surface area contributed by atoms with Crippen molar-refractivity contribution >= 4 is 15.5 Å². The van der Waals surface area contributed by atoms with Crippen molar-refractivity contribution < 1.29 is 21.6 Å². The van der Waals surface area contributed by atoms with Gasteiger partial charge in [-0.25, -0.2) is 8.42 Å². The summed E-state index contributed by atoms with van der Waals surface area (Å²) in [6.45, 7) is 1.57. The monoisotopic (exact) mass is 239 g/mol. The molecule has 1 rings (SSSR count). The second-order valence-corrected chi connectivity index (χ2v) is 4.91. The van der Waals surface area contributed by atoms with Gasteiger partial charge in [-0.05, 0) is 24.6 Å². The Morgan fingerprint density at radius 2 is 1.80 bits per heavy atom. The van der Waals surface area contributed by atoms with E-state index in [1.807, 2.05) is 0 Å². The lowest BCUT2D eigenvalue weighted by Crippen LogP contribution is -2.23. The Morgan fingerprint density at radius 1 is 1.27 bits per heavy atom. The van der Waals surface area contributed by atoms with Gasteiger partial charge < -0.3 is 5.73 Å². The van der Waals surface area contributed by atoms with Gasteiger partial charge in [0, 0.05) is 5.69 Å². The van der Waals surface area contributed by atoms with E-state index in [0.29, 0.717) is 5.56 Å². The number of hydrogen-bond acceptors (Lipinski definition) is 3. The first-order chi connectivity index (χ1) is 6.66. The third-order valence-corrected chi connectivity index (χ3v) is 3.35. The molecule has 0 spiro atoms. The molecule has 7 heteroatoms. The van der Waals surface area contributed by atoms with E-state index in [-0.39, 0.29) is 5.69 Å². The number of rotatable bonds is 1. The standard InChI is InChI=1S/C8H8F3NO2S/c1-5-2-3-6(4-7(5)12)15(13,14)8(9,10)11/h2-4H,12H2,1H3. The van der Waals surface area contributed by atoms with Crippen molar-refractivity contribution in [1.29, 1.82) is 0 Å². The summed E-state index contributed by atoms with van der Waals surface area (Å²) in [4.78, 5) is -0.835. The molecule has 84 valence electrons. The van der Waals surface area contributed by atoms with Crippen LogP contribution in [0.2, 0.25) is 0 Å². The smallest absolute Gasteiger partial charge is 0.398 e. The average molecular weight is 239 g/mol. The van der Waals surface area contributed by atoms with Gasteiger partial charge in [-0.2, -0.15) is 13.2 Å². The molecule has 0 saturated heterocycles. The Balaban J connectivity index is 3.36. The van der Waals surface area contributed by atoms with Gasteiger partial charge in [-0.3, -0.25) is 0 Å². The van der Waals surface area contributed by atoms with Gasteiger partial charge in [0.1, 0.15) is 0 Å². The maximum Gasteiger partial charge on any atom is 0.501 e. The van der Waals surface area contributed by atoms with Crippen LogP contribution in [0.3, 0.4) is 0 Å². The highest BCUT2D eigenvalue weighted by atomic mass is 32.2. The molecule has 0 atom stereocenters. The third-order valence-electron chi connectivity index (χ3n) is 1.87. The minimum absolute atomic E-state index is 0.0142. The molecule has 0 aliphatic carbocycles. The fraction of sp³-hybridized carbons (Fsp3) is 0.250. The minimum Gasteiger partial charge on any atom is -0.398 e. The number of nitrogen functional groups attached to an aromatic ring is 1. The van der Waals surface area contributed by atoms with Gasteiger partial charge >= 0.3 is 5.51 Å². The zero-order chi connectivity index (χ0) is 11.9. The second-order valence-electron chi connectivity index (χ2n) is 2.97. The fourth-order valence-corrected chi connectivity index (χ4v) is 1.72. The molecule has 15 heavy (non-hydrogen) atoms. The molecule has 0 aliphatic rings. The second kappa shape index (κ2) is 3.41. The Bertz CT molecular complexity index is 479. The van der Waals surface area contributed by atoms with Crippen LogP contribution in [0.5, 0.6) is 0 Å². The highest BCUT2D eigenvalue weighted by Gasteiger charge is 2.46. The van der Waals surface area contributed by atoms with E-state index < -0.39 is 20.2 Å². The van der Waals surface area contributed by atoms with Crippen LogP contribution in [-0.4, -0.2) is 13.9 Å². The van der Waals surface area contributed by atoms with Crippen LogP contribution in [-0.2, 0) is 9.84 Å². The van der Waals surface area contributed by atoms with E-state index >= 15 is 0 Å². The normalized spacial score (nSPS) is 12.8. The lowest BCUT2D eigenvalue weighted by molar-refractivity contribution is -0.0435. The van der Waals surface area contributed by atoms with E-state index in [4.69, 9.17) is 5.73 Å². The van der Waals surface area contributed by atoms with Crippen molar-refractivity contribution in [2.45, 2.75) is 17.3 Å². The number of nitrogens with two attached hydrogens (primary N) is 1. The predicted octanol–water partition coefficient (Wildman–Crippen LogP) is 1.87. The Morgan fingerprint density at radius 3 is 2.20 bits per heavy atom. The third kappa shape index (κ3) is 2.06. The van der Waals surface area contributed by atoms with E-state index in [1.54, 1.807) is 6.92 Å². The van der Waals surface area contributed by atoms with Crippen LogP contribution in [0.25, 0.3) is 0 Å². The number of sulfone groups is 1. The zero-order valence-corrected chi connectivity index (χ0v) is 8.48. The summed E-state index contributed by atoms with van der Waals surface area (Å²) in [7, 11) is -5.30. The molecule has 0 bridgehead atoms. The van der Waals surface area contributed by atoms with Crippen molar-refractivity contribution in [2.75, 3.05) is 5.73 Å². The number of benzene rings is 1. The molecule has 0 aliphatic heterocycles. The van der Waals surface area contributed by atoms with E-state index in [2.05, 4.69) is 0 Å². The van der Waals surface area contributed by atoms with Gasteiger partial charge in [0.15, 0.2) is 0 Å². The maximum atomic E-state index is 12.1. The van der Waals surface area contributed by atoms with Gasteiger partial charge in [0.25, 0.3) is 9.84 Å². The van der Waals surface area contributed by atoms with Crippen LogP contribution >= 0.6 is 0 Å². The molecule has 0 unspecified atom stereocenters. The molecule has 1 aromatic carbocycles.